The Hall–Kier alpha value is -7.87. The van der Waals surface area contributed by atoms with Crippen molar-refractivity contribution in [2.24, 2.45) is 0 Å². The third kappa shape index (κ3) is 4.86. The fourth-order valence-corrected chi connectivity index (χ4v) is 9.17. The highest BCUT2D eigenvalue weighted by Gasteiger charge is 2.20. The zero-order valence-corrected chi connectivity index (χ0v) is 30.6. The van der Waals surface area contributed by atoms with Crippen molar-refractivity contribution < 1.29 is 0 Å². The van der Waals surface area contributed by atoms with E-state index in [1.54, 1.807) is 0 Å². The minimum absolute atomic E-state index is 0.650. The number of aromatic nitrogens is 3. The Kier molecular flexibility index (Phi) is 6.66. The molecule has 262 valence electrons. The predicted molar refractivity (Wildman–Crippen MR) is 237 cm³/mol. The molecule has 4 heteroatoms. The van der Waals surface area contributed by atoms with Gasteiger partial charge >= 0.3 is 0 Å². The number of hydrogen-bond donors (Lipinski definition) is 0. The van der Waals surface area contributed by atoms with Crippen LogP contribution in [0.3, 0.4) is 0 Å². The average Bonchev–Trinajstić information content (AvgIpc) is 3.62. The number of hydrogen-bond acceptors (Lipinski definition) is 2. The van der Waals surface area contributed by atoms with Crippen LogP contribution in [0.15, 0.2) is 182 Å². The van der Waals surface area contributed by atoms with Crippen LogP contribution >= 0.6 is 0 Å². The topological polar surface area (TPSA) is 35.1 Å². The molecule has 0 aliphatic heterocycles. The van der Waals surface area contributed by atoms with E-state index in [2.05, 4.69) is 153 Å². The van der Waals surface area contributed by atoms with Gasteiger partial charge in [-0.25, -0.2) is 4.85 Å². The molecule has 0 radical (unpaired) electrons. The van der Waals surface area contributed by atoms with E-state index in [1.807, 2.05) is 48.8 Å². The van der Waals surface area contributed by atoms with Gasteiger partial charge in [0.25, 0.3) is 0 Å². The molecule has 0 fully saturated rings. The van der Waals surface area contributed by atoms with Crippen LogP contribution < -0.4 is 0 Å². The molecule has 0 unspecified atom stereocenters. The van der Waals surface area contributed by atoms with Crippen LogP contribution in [0.2, 0.25) is 0 Å². The summed E-state index contributed by atoms with van der Waals surface area (Å²) in [7, 11) is 0. The fraction of sp³-hybridized carbons (Fsp3) is 0. The molecule has 12 aromatic rings. The monoisotopic (exact) mass is 722 g/mol. The Morgan fingerprint density at radius 1 is 0.368 bits per heavy atom. The standard InChI is InChI=1S/C53H30N4/c1-54-44-29-37-18-17-36-25-41(30-48-52(36)53(37)49(31-44)57(48)45-9-3-2-4-10-45)39-23-34-15-13-32-21-38(22-33-14-16-35(24-39)51(34)50(32)33)40-26-42(46-11-5-7-19-55-46)28-43(27-40)47-12-6-8-20-56-47/h2-31H. The van der Waals surface area contributed by atoms with Crippen molar-refractivity contribution in [2.45, 2.75) is 0 Å². The first kappa shape index (κ1) is 31.5. The van der Waals surface area contributed by atoms with E-state index in [9.17, 15) is 0 Å². The van der Waals surface area contributed by atoms with Crippen molar-refractivity contribution in [3.63, 3.8) is 0 Å². The third-order valence-electron chi connectivity index (χ3n) is 11.7. The number of rotatable bonds is 5. The van der Waals surface area contributed by atoms with Crippen molar-refractivity contribution in [1.29, 1.82) is 0 Å². The Bertz CT molecular complexity index is 3440. The van der Waals surface area contributed by atoms with Gasteiger partial charge in [-0.3, -0.25) is 9.97 Å². The summed E-state index contributed by atoms with van der Waals surface area (Å²) in [5.74, 6) is 0. The molecule has 0 spiro atoms. The summed E-state index contributed by atoms with van der Waals surface area (Å²) in [5, 5.41) is 12.2. The van der Waals surface area contributed by atoms with Crippen molar-refractivity contribution in [1.82, 2.24) is 14.5 Å². The number of pyridine rings is 2. The van der Waals surface area contributed by atoms with Gasteiger partial charge in [0.05, 0.1) is 23.5 Å². The van der Waals surface area contributed by atoms with Crippen LogP contribution in [-0.4, -0.2) is 14.5 Å². The van der Waals surface area contributed by atoms with Gasteiger partial charge in [-0.05, 0) is 168 Å². The lowest BCUT2D eigenvalue weighted by molar-refractivity contribution is 1.18. The van der Waals surface area contributed by atoms with Gasteiger partial charge in [-0.15, -0.1) is 0 Å². The molecule has 0 N–H and O–H groups in total. The lowest BCUT2D eigenvalue weighted by Crippen LogP contribution is -1.93. The Morgan fingerprint density at radius 2 is 0.789 bits per heavy atom. The number of nitrogens with zero attached hydrogens (tertiary/aromatic N) is 4. The maximum Gasteiger partial charge on any atom is 0.189 e. The molecule has 0 bridgehead atoms. The first-order valence-electron chi connectivity index (χ1n) is 19.2. The first-order valence-corrected chi connectivity index (χ1v) is 19.2. The zero-order chi connectivity index (χ0) is 37.6. The highest BCUT2D eigenvalue weighted by atomic mass is 15.0. The molecule has 0 aliphatic carbocycles. The van der Waals surface area contributed by atoms with Gasteiger partial charge in [-0.1, -0.05) is 66.7 Å². The van der Waals surface area contributed by atoms with Gasteiger partial charge in [0.15, 0.2) is 5.69 Å². The van der Waals surface area contributed by atoms with Crippen molar-refractivity contribution in [2.75, 3.05) is 0 Å². The second kappa shape index (κ2) is 12.1. The molecule has 3 aromatic heterocycles. The molecular weight excluding hydrogens is 693 g/mol. The van der Waals surface area contributed by atoms with Crippen molar-refractivity contribution in [3.05, 3.63) is 194 Å². The minimum Gasteiger partial charge on any atom is -0.310 e. The average molecular weight is 723 g/mol. The summed E-state index contributed by atoms with van der Waals surface area (Å²) >= 11 is 0. The predicted octanol–water partition coefficient (Wildman–Crippen LogP) is 14.3. The van der Waals surface area contributed by atoms with E-state index in [0.717, 1.165) is 55.7 Å². The van der Waals surface area contributed by atoms with Crippen LogP contribution in [-0.2, 0) is 0 Å². The first-order chi connectivity index (χ1) is 28.2. The van der Waals surface area contributed by atoms with Crippen molar-refractivity contribution >= 4 is 70.6 Å². The van der Waals surface area contributed by atoms with Gasteiger partial charge in [-0.2, -0.15) is 0 Å². The molecule has 0 aliphatic rings. The molecule has 0 amide bonds. The molecule has 57 heavy (non-hydrogen) atoms. The van der Waals surface area contributed by atoms with Crippen LogP contribution in [0.1, 0.15) is 0 Å². The van der Waals surface area contributed by atoms with Gasteiger partial charge in [0.1, 0.15) is 0 Å². The lowest BCUT2D eigenvalue weighted by atomic mass is 9.88. The van der Waals surface area contributed by atoms with Gasteiger partial charge in [0, 0.05) is 45.5 Å². The molecule has 3 heterocycles. The Labute approximate surface area is 328 Å². The SMILES string of the molecule is [C-]#[N+]c1cc2ccc3cc(-c4cc5ccc6cc(-c7cc(-c8ccccn8)cc(-c8ccccn8)c7)cc7ccc(c4)c5c67)cc4c3c2c(c1)n4-c1ccccc1. The molecule has 9 aromatic carbocycles. The molecule has 0 saturated carbocycles. The summed E-state index contributed by atoms with van der Waals surface area (Å²) in [6, 6.07) is 60.8. The number of benzene rings is 9. The summed E-state index contributed by atoms with van der Waals surface area (Å²) < 4.78 is 2.33. The molecular formula is C53H30N4. The second-order valence-electron chi connectivity index (χ2n) is 15.0. The highest BCUT2D eigenvalue weighted by Crippen LogP contribution is 2.45. The smallest absolute Gasteiger partial charge is 0.189 e. The van der Waals surface area contributed by atoms with E-state index < -0.39 is 0 Å². The maximum atomic E-state index is 7.83. The molecule has 4 nitrogen and oxygen atoms in total. The van der Waals surface area contributed by atoms with E-state index in [-0.39, 0.29) is 0 Å². The van der Waals surface area contributed by atoms with Gasteiger partial charge in [0.2, 0.25) is 0 Å². The van der Waals surface area contributed by atoms with E-state index in [0.29, 0.717) is 5.69 Å². The largest absolute Gasteiger partial charge is 0.310 e. The summed E-state index contributed by atoms with van der Waals surface area (Å²) in [6.07, 6.45) is 3.69. The molecule has 0 saturated heterocycles. The Balaban J connectivity index is 1.03. The van der Waals surface area contributed by atoms with Crippen LogP contribution in [0, 0.1) is 6.57 Å². The second-order valence-corrected chi connectivity index (χ2v) is 15.0. The van der Waals surface area contributed by atoms with Crippen LogP contribution in [0.25, 0.3) is 120 Å². The summed E-state index contributed by atoms with van der Waals surface area (Å²) in [6.45, 7) is 7.83. The number of para-hydroxylation sites is 1. The lowest BCUT2D eigenvalue weighted by Gasteiger charge is -2.16. The summed E-state index contributed by atoms with van der Waals surface area (Å²) in [4.78, 5) is 13.2. The van der Waals surface area contributed by atoms with E-state index >= 15 is 0 Å². The maximum absolute atomic E-state index is 7.83. The van der Waals surface area contributed by atoms with E-state index in [4.69, 9.17) is 6.57 Å². The minimum atomic E-state index is 0.650. The Morgan fingerprint density at radius 3 is 1.28 bits per heavy atom. The summed E-state index contributed by atoms with van der Waals surface area (Å²) in [5.41, 5.74) is 12.6. The van der Waals surface area contributed by atoms with Crippen LogP contribution in [0.5, 0.6) is 0 Å². The zero-order valence-electron chi connectivity index (χ0n) is 30.6. The quantitative estimate of drug-likeness (QED) is 0.131. The fourth-order valence-electron chi connectivity index (χ4n) is 9.17. The van der Waals surface area contributed by atoms with E-state index in [1.165, 1.54) is 59.6 Å². The third-order valence-corrected chi connectivity index (χ3v) is 11.7. The highest BCUT2D eigenvalue weighted by molar-refractivity contribution is 6.27. The van der Waals surface area contributed by atoms with Crippen molar-refractivity contribution in [3.8, 4) is 50.5 Å². The van der Waals surface area contributed by atoms with Gasteiger partial charge < -0.3 is 4.57 Å². The van der Waals surface area contributed by atoms with Crippen LogP contribution in [0.4, 0.5) is 5.69 Å². The molecule has 12 rings (SSSR count). The normalized spacial score (nSPS) is 11.8. The molecule has 0 atom stereocenters.